The van der Waals surface area contributed by atoms with E-state index >= 15 is 0 Å². The summed E-state index contributed by atoms with van der Waals surface area (Å²) in [5.41, 5.74) is 0.0802. The molecule has 0 unspecified atom stereocenters. The summed E-state index contributed by atoms with van der Waals surface area (Å²) < 4.78 is 28.3. The fraction of sp³-hybridized carbons (Fsp3) is 0.500. The lowest BCUT2D eigenvalue weighted by Crippen LogP contribution is -2.47. The van der Waals surface area contributed by atoms with E-state index in [0.29, 0.717) is 17.3 Å². The summed E-state index contributed by atoms with van der Waals surface area (Å²) in [4.78, 5) is 11.2. The van der Waals surface area contributed by atoms with E-state index in [0.717, 1.165) is 18.4 Å². The van der Waals surface area contributed by atoms with Gasteiger partial charge in [-0.15, -0.1) is 0 Å². The molecule has 0 heterocycles. The maximum absolute atomic E-state index is 12.6. The Morgan fingerprint density at radius 1 is 1.38 bits per heavy atom. The number of sulfonamides is 1. The zero-order valence-corrected chi connectivity index (χ0v) is 14.1. The molecule has 1 aromatic rings. The van der Waals surface area contributed by atoms with Crippen LogP contribution in [0, 0.1) is 6.92 Å². The Balaban J connectivity index is 2.32. The molecule has 2 rings (SSSR count). The SMILES string of the molecule is Cc1ccc(S(=O)(=O)NC2(CC(=O)O)CCCC2)c(Br)c1. The molecule has 0 radical (unpaired) electrons. The van der Waals surface area contributed by atoms with E-state index in [1.807, 2.05) is 6.92 Å². The van der Waals surface area contributed by atoms with Crippen molar-refractivity contribution in [3.8, 4) is 0 Å². The Kier molecular flexibility index (Phi) is 4.75. The second-order valence-electron chi connectivity index (χ2n) is 5.60. The Labute approximate surface area is 132 Å². The van der Waals surface area contributed by atoms with Gasteiger partial charge in [-0.05, 0) is 53.4 Å². The average molecular weight is 376 g/mol. The van der Waals surface area contributed by atoms with Gasteiger partial charge in [0.1, 0.15) is 0 Å². The van der Waals surface area contributed by atoms with Crippen LogP contribution in [0.4, 0.5) is 0 Å². The van der Waals surface area contributed by atoms with Crippen molar-refractivity contribution in [2.75, 3.05) is 0 Å². The number of halogens is 1. The largest absolute Gasteiger partial charge is 0.481 e. The highest BCUT2D eigenvalue weighted by atomic mass is 79.9. The third-order valence-corrected chi connectivity index (χ3v) is 6.33. The van der Waals surface area contributed by atoms with Gasteiger partial charge in [0.05, 0.1) is 11.3 Å². The first-order chi connectivity index (χ1) is 9.74. The fourth-order valence-corrected chi connectivity index (χ4v) is 5.47. The van der Waals surface area contributed by atoms with Crippen LogP contribution in [-0.2, 0) is 14.8 Å². The molecule has 7 heteroatoms. The van der Waals surface area contributed by atoms with Crippen molar-refractivity contribution in [2.24, 2.45) is 0 Å². The van der Waals surface area contributed by atoms with Crippen LogP contribution in [-0.4, -0.2) is 25.0 Å². The molecule has 0 amide bonds. The number of carbonyl (C=O) groups is 1. The Bertz CT molecular complexity index is 651. The van der Waals surface area contributed by atoms with Gasteiger partial charge in [-0.3, -0.25) is 4.79 Å². The number of benzene rings is 1. The lowest BCUT2D eigenvalue weighted by atomic mass is 9.95. The van der Waals surface area contributed by atoms with E-state index in [1.165, 1.54) is 6.07 Å². The number of hydrogen-bond donors (Lipinski definition) is 2. The van der Waals surface area contributed by atoms with Crippen LogP contribution in [0.3, 0.4) is 0 Å². The molecular formula is C14H18BrNO4S. The van der Waals surface area contributed by atoms with E-state index in [4.69, 9.17) is 5.11 Å². The van der Waals surface area contributed by atoms with E-state index in [1.54, 1.807) is 12.1 Å². The maximum Gasteiger partial charge on any atom is 0.305 e. The zero-order valence-electron chi connectivity index (χ0n) is 11.7. The number of hydrogen-bond acceptors (Lipinski definition) is 3. The van der Waals surface area contributed by atoms with Gasteiger partial charge in [0.25, 0.3) is 0 Å². The standard InChI is InChI=1S/C14H18BrNO4S/c1-10-4-5-12(11(15)8-10)21(19,20)16-14(9-13(17)18)6-2-3-7-14/h4-5,8,16H,2-3,6-7,9H2,1H3,(H,17,18). The van der Waals surface area contributed by atoms with Gasteiger partial charge < -0.3 is 5.11 Å². The van der Waals surface area contributed by atoms with E-state index in [9.17, 15) is 13.2 Å². The summed E-state index contributed by atoms with van der Waals surface area (Å²) in [5, 5.41) is 9.05. The molecule has 2 N–H and O–H groups in total. The lowest BCUT2D eigenvalue weighted by Gasteiger charge is -2.28. The van der Waals surface area contributed by atoms with Crippen molar-refractivity contribution in [2.45, 2.75) is 49.5 Å². The number of aliphatic carboxylic acids is 1. The smallest absolute Gasteiger partial charge is 0.305 e. The molecule has 1 saturated carbocycles. The van der Waals surface area contributed by atoms with Crippen molar-refractivity contribution < 1.29 is 18.3 Å². The minimum atomic E-state index is -3.76. The molecular weight excluding hydrogens is 358 g/mol. The first-order valence-corrected chi connectivity index (χ1v) is 9.04. The number of rotatable bonds is 5. The van der Waals surface area contributed by atoms with Crippen LogP contribution in [0.5, 0.6) is 0 Å². The van der Waals surface area contributed by atoms with Gasteiger partial charge in [0.15, 0.2) is 0 Å². The first kappa shape index (κ1) is 16.5. The van der Waals surface area contributed by atoms with Crippen molar-refractivity contribution >= 4 is 31.9 Å². The fourth-order valence-electron chi connectivity index (χ4n) is 2.82. The zero-order chi connectivity index (χ0) is 15.7. The molecule has 1 fully saturated rings. The molecule has 116 valence electrons. The number of carboxylic acid groups (broad SMARTS) is 1. The molecule has 1 aromatic carbocycles. The Hall–Kier alpha value is -0.920. The van der Waals surface area contributed by atoms with Gasteiger partial charge >= 0.3 is 5.97 Å². The van der Waals surface area contributed by atoms with Crippen LogP contribution >= 0.6 is 15.9 Å². The highest BCUT2D eigenvalue weighted by Gasteiger charge is 2.40. The molecule has 0 bridgehead atoms. The predicted octanol–water partition coefficient (Wildman–Crippen LogP) is 2.82. The Morgan fingerprint density at radius 2 is 2.00 bits per heavy atom. The minimum Gasteiger partial charge on any atom is -0.481 e. The average Bonchev–Trinajstić information content (AvgIpc) is 2.74. The monoisotopic (exact) mass is 375 g/mol. The van der Waals surface area contributed by atoms with Gasteiger partial charge in [-0.2, -0.15) is 0 Å². The van der Waals surface area contributed by atoms with Crippen LogP contribution in [0.2, 0.25) is 0 Å². The van der Waals surface area contributed by atoms with E-state index in [2.05, 4.69) is 20.7 Å². The summed E-state index contributed by atoms with van der Waals surface area (Å²) in [7, 11) is -3.76. The molecule has 1 aliphatic rings. The van der Waals surface area contributed by atoms with Gasteiger partial charge in [-0.25, -0.2) is 13.1 Å². The number of nitrogens with one attached hydrogen (secondary N) is 1. The second-order valence-corrected chi connectivity index (χ2v) is 8.10. The van der Waals surface area contributed by atoms with E-state index < -0.39 is 21.5 Å². The van der Waals surface area contributed by atoms with Crippen LogP contribution in [0.1, 0.15) is 37.7 Å². The number of aryl methyl sites for hydroxylation is 1. The van der Waals surface area contributed by atoms with E-state index in [-0.39, 0.29) is 11.3 Å². The molecule has 0 spiro atoms. The maximum atomic E-state index is 12.6. The van der Waals surface area contributed by atoms with Crippen molar-refractivity contribution in [3.63, 3.8) is 0 Å². The van der Waals surface area contributed by atoms with Crippen LogP contribution in [0.15, 0.2) is 27.6 Å². The first-order valence-electron chi connectivity index (χ1n) is 6.76. The van der Waals surface area contributed by atoms with Crippen molar-refractivity contribution in [3.05, 3.63) is 28.2 Å². The molecule has 1 aliphatic carbocycles. The topological polar surface area (TPSA) is 83.5 Å². The summed E-state index contributed by atoms with van der Waals surface area (Å²) in [6, 6.07) is 4.98. The number of carboxylic acids is 1. The summed E-state index contributed by atoms with van der Waals surface area (Å²) in [6.45, 7) is 1.87. The van der Waals surface area contributed by atoms with Crippen LogP contribution in [0.25, 0.3) is 0 Å². The normalized spacial score (nSPS) is 17.8. The molecule has 5 nitrogen and oxygen atoms in total. The lowest BCUT2D eigenvalue weighted by molar-refractivity contribution is -0.138. The molecule has 0 aromatic heterocycles. The predicted molar refractivity (Wildman–Crippen MR) is 82.7 cm³/mol. The molecule has 0 aliphatic heterocycles. The summed E-state index contributed by atoms with van der Waals surface area (Å²) >= 11 is 3.27. The van der Waals surface area contributed by atoms with Gasteiger partial charge in [-0.1, -0.05) is 18.9 Å². The summed E-state index contributed by atoms with van der Waals surface area (Å²) in [5.74, 6) is -0.984. The third kappa shape index (κ3) is 3.84. The molecule has 0 saturated heterocycles. The van der Waals surface area contributed by atoms with Crippen LogP contribution < -0.4 is 4.72 Å². The van der Waals surface area contributed by atoms with Crippen molar-refractivity contribution in [1.82, 2.24) is 4.72 Å². The van der Waals surface area contributed by atoms with Gasteiger partial charge in [0.2, 0.25) is 10.0 Å². The minimum absolute atomic E-state index is 0.143. The quantitative estimate of drug-likeness (QED) is 0.828. The highest BCUT2D eigenvalue weighted by Crippen LogP contribution is 2.35. The van der Waals surface area contributed by atoms with Gasteiger partial charge in [0, 0.05) is 10.0 Å². The highest BCUT2D eigenvalue weighted by molar-refractivity contribution is 9.10. The third-order valence-electron chi connectivity index (χ3n) is 3.78. The summed E-state index contributed by atoms with van der Waals surface area (Å²) in [6.07, 6.45) is 2.61. The molecule has 21 heavy (non-hydrogen) atoms. The Morgan fingerprint density at radius 3 is 2.52 bits per heavy atom. The second kappa shape index (κ2) is 6.06. The molecule has 0 atom stereocenters. The van der Waals surface area contributed by atoms with Crippen molar-refractivity contribution in [1.29, 1.82) is 0 Å².